The molecule has 0 saturated heterocycles. The number of amides is 2. The molecule has 1 aliphatic rings. The number of benzene rings is 1. The molecule has 0 bridgehead atoms. The molecule has 0 spiro atoms. The number of para-hydroxylation sites is 1. The van der Waals surface area contributed by atoms with Gasteiger partial charge in [0.2, 0.25) is 5.91 Å². The van der Waals surface area contributed by atoms with Crippen LogP contribution in [0.4, 0.5) is 5.69 Å². The van der Waals surface area contributed by atoms with E-state index in [4.69, 9.17) is 10.3 Å². The van der Waals surface area contributed by atoms with Crippen molar-refractivity contribution < 1.29 is 14.1 Å². The molecule has 0 radical (unpaired) electrons. The largest absolute Gasteiger partial charge is 0.368 e. The van der Waals surface area contributed by atoms with E-state index in [0.29, 0.717) is 11.4 Å². The smallest absolute Gasteiger partial charge is 0.267 e. The Kier molecular flexibility index (Phi) is 4.51. The maximum absolute atomic E-state index is 12.4. The number of nitrogens with one attached hydrogen (secondary N) is 1. The maximum atomic E-state index is 12.4. The number of rotatable bonds is 5. The van der Waals surface area contributed by atoms with Crippen molar-refractivity contribution in [2.45, 2.75) is 32.9 Å². The molecule has 0 aliphatic carbocycles. The number of hydrogen-bond donors (Lipinski definition) is 2. The van der Waals surface area contributed by atoms with Crippen LogP contribution in [0.1, 0.15) is 23.4 Å². The van der Waals surface area contributed by atoms with Crippen LogP contribution >= 0.6 is 0 Å². The molecule has 2 amide bonds. The lowest BCUT2D eigenvalue weighted by Crippen LogP contribution is -2.39. The minimum absolute atomic E-state index is 0.164. The molecule has 3 N–H and O–H groups in total. The highest BCUT2D eigenvalue weighted by atomic mass is 16.5. The quantitative estimate of drug-likeness (QED) is 0.843. The molecule has 1 atom stereocenters. The molecule has 1 aliphatic heterocycles. The molecule has 25 heavy (non-hydrogen) atoms. The second kappa shape index (κ2) is 6.76. The number of aromatic nitrogens is 1. The summed E-state index contributed by atoms with van der Waals surface area (Å²) in [5.74, 6) is -0.210. The average Bonchev–Trinajstić information content (AvgIpc) is 3.18. The van der Waals surface area contributed by atoms with E-state index >= 15 is 0 Å². The number of carbonyl (C=O) groups is 2. The monoisotopic (exact) mass is 341 g/mol. The van der Waals surface area contributed by atoms with Gasteiger partial charge in [-0.3, -0.25) is 14.6 Å². The van der Waals surface area contributed by atoms with E-state index in [1.807, 2.05) is 37.3 Å². The van der Waals surface area contributed by atoms with E-state index in [0.717, 1.165) is 11.3 Å². The predicted molar refractivity (Wildman–Crippen MR) is 91.8 cm³/mol. The zero-order valence-corrected chi connectivity index (χ0v) is 14.0. The number of anilines is 1. The van der Waals surface area contributed by atoms with Crippen LogP contribution in [0, 0.1) is 13.8 Å². The van der Waals surface area contributed by atoms with E-state index in [-0.39, 0.29) is 24.6 Å². The molecule has 2 aromatic rings. The lowest BCUT2D eigenvalue weighted by Gasteiger charge is -2.20. The van der Waals surface area contributed by atoms with Crippen molar-refractivity contribution in [3.8, 4) is 0 Å². The van der Waals surface area contributed by atoms with Gasteiger partial charge >= 0.3 is 0 Å². The Labute approximate surface area is 144 Å². The van der Waals surface area contributed by atoms with Gasteiger partial charge in [0.1, 0.15) is 17.5 Å². The Hall–Kier alpha value is -3.16. The lowest BCUT2D eigenvalue weighted by molar-refractivity contribution is -0.119. The van der Waals surface area contributed by atoms with Crippen LogP contribution in [0.15, 0.2) is 40.0 Å². The van der Waals surface area contributed by atoms with E-state index in [1.165, 1.54) is 5.01 Å². The fraction of sp³-hybridized carbons (Fsp3) is 0.294. The molecule has 8 heteroatoms. The first kappa shape index (κ1) is 16.7. The number of hydrazone groups is 1. The summed E-state index contributed by atoms with van der Waals surface area (Å²) in [6, 6.07) is 8.47. The Morgan fingerprint density at radius 1 is 1.32 bits per heavy atom. The highest BCUT2D eigenvalue weighted by Crippen LogP contribution is 2.24. The summed E-state index contributed by atoms with van der Waals surface area (Å²) < 4.78 is 5.08. The van der Waals surface area contributed by atoms with Gasteiger partial charge in [0, 0.05) is 18.5 Å². The summed E-state index contributed by atoms with van der Waals surface area (Å²) in [7, 11) is 0. The molecule has 0 saturated carbocycles. The number of aryl methyl sites for hydroxylation is 2. The Morgan fingerprint density at radius 3 is 2.64 bits per heavy atom. The van der Waals surface area contributed by atoms with Crippen LogP contribution in [0.2, 0.25) is 0 Å². The fourth-order valence-corrected chi connectivity index (χ4v) is 2.71. The minimum atomic E-state index is -0.679. The van der Waals surface area contributed by atoms with Gasteiger partial charge in [0.05, 0.1) is 11.4 Å². The Bertz CT molecular complexity index is 809. The average molecular weight is 341 g/mol. The zero-order chi connectivity index (χ0) is 18.0. The number of nitrogens with two attached hydrogens (primary N) is 1. The van der Waals surface area contributed by atoms with Gasteiger partial charge in [0.15, 0.2) is 0 Å². The lowest BCUT2D eigenvalue weighted by atomic mass is 10.1. The Morgan fingerprint density at radius 2 is 2.04 bits per heavy atom. The Balaban J connectivity index is 1.75. The first-order chi connectivity index (χ1) is 12.0. The molecular weight excluding hydrogens is 322 g/mol. The van der Waals surface area contributed by atoms with Crippen molar-refractivity contribution in [1.29, 1.82) is 0 Å². The van der Waals surface area contributed by atoms with Gasteiger partial charge < -0.3 is 15.6 Å². The standard InChI is InChI=1S/C17H19N5O3/c1-10-13(11(2)25-21-10)9-19-17(24)14-8-15(16(18)23)22(20-14)12-6-4-3-5-7-12/h3-7,15H,8-9H2,1-2H3,(H2,18,23)(H,19,24). The van der Waals surface area contributed by atoms with Crippen molar-refractivity contribution in [1.82, 2.24) is 10.5 Å². The van der Waals surface area contributed by atoms with Crippen LogP contribution in [0.25, 0.3) is 0 Å². The van der Waals surface area contributed by atoms with E-state index in [2.05, 4.69) is 15.6 Å². The van der Waals surface area contributed by atoms with Crippen LogP contribution in [-0.2, 0) is 16.1 Å². The third-order valence-corrected chi connectivity index (χ3v) is 4.13. The number of hydrogen-bond acceptors (Lipinski definition) is 6. The third kappa shape index (κ3) is 3.37. The SMILES string of the molecule is Cc1noc(C)c1CNC(=O)C1=NN(c2ccccc2)C(C(N)=O)C1. The van der Waals surface area contributed by atoms with Crippen LogP contribution < -0.4 is 16.1 Å². The van der Waals surface area contributed by atoms with Crippen molar-refractivity contribution in [2.75, 3.05) is 5.01 Å². The third-order valence-electron chi connectivity index (χ3n) is 4.13. The summed E-state index contributed by atoms with van der Waals surface area (Å²) >= 11 is 0. The summed E-state index contributed by atoms with van der Waals surface area (Å²) in [4.78, 5) is 24.2. The molecule has 130 valence electrons. The summed E-state index contributed by atoms with van der Waals surface area (Å²) in [5, 5.41) is 12.4. The van der Waals surface area contributed by atoms with E-state index in [9.17, 15) is 9.59 Å². The van der Waals surface area contributed by atoms with Crippen molar-refractivity contribution in [3.63, 3.8) is 0 Å². The van der Waals surface area contributed by atoms with E-state index in [1.54, 1.807) is 6.92 Å². The van der Waals surface area contributed by atoms with Gasteiger partial charge in [-0.2, -0.15) is 5.10 Å². The normalized spacial score (nSPS) is 16.6. The first-order valence-corrected chi connectivity index (χ1v) is 7.88. The summed E-state index contributed by atoms with van der Waals surface area (Å²) in [6.45, 7) is 3.88. The molecular formula is C17H19N5O3. The second-order valence-electron chi connectivity index (χ2n) is 5.83. The van der Waals surface area contributed by atoms with Crippen LogP contribution in [0.3, 0.4) is 0 Å². The molecule has 2 heterocycles. The van der Waals surface area contributed by atoms with Gasteiger partial charge in [-0.1, -0.05) is 23.4 Å². The maximum Gasteiger partial charge on any atom is 0.267 e. The highest BCUT2D eigenvalue weighted by Gasteiger charge is 2.34. The van der Waals surface area contributed by atoms with E-state index < -0.39 is 11.9 Å². The minimum Gasteiger partial charge on any atom is -0.368 e. The second-order valence-corrected chi connectivity index (χ2v) is 5.83. The van der Waals surface area contributed by atoms with Crippen molar-refractivity contribution in [3.05, 3.63) is 47.3 Å². The molecule has 1 unspecified atom stereocenters. The molecule has 1 aromatic carbocycles. The number of primary amides is 1. The number of carbonyl (C=O) groups excluding carboxylic acids is 2. The molecule has 8 nitrogen and oxygen atoms in total. The molecule has 3 rings (SSSR count). The van der Waals surface area contributed by atoms with Gasteiger partial charge in [-0.05, 0) is 26.0 Å². The molecule has 0 fully saturated rings. The van der Waals surface area contributed by atoms with Crippen molar-refractivity contribution in [2.24, 2.45) is 10.8 Å². The van der Waals surface area contributed by atoms with Crippen molar-refractivity contribution >= 4 is 23.2 Å². The summed E-state index contributed by atoms with van der Waals surface area (Å²) in [6.07, 6.45) is 0.164. The number of nitrogens with zero attached hydrogens (tertiary/aromatic N) is 3. The zero-order valence-electron chi connectivity index (χ0n) is 14.0. The fourth-order valence-electron chi connectivity index (χ4n) is 2.71. The molecule has 1 aromatic heterocycles. The van der Waals surface area contributed by atoms with Crippen LogP contribution in [0.5, 0.6) is 0 Å². The topological polar surface area (TPSA) is 114 Å². The predicted octanol–water partition coefficient (Wildman–Crippen LogP) is 1.03. The van der Waals surface area contributed by atoms with Gasteiger partial charge in [-0.25, -0.2) is 0 Å². The van der Waals surface area contributed by atoms with Gasteiger partial charge in [-0.15, -0.1) is 0 Å². The van der Waals surface area contributed by atoms with Crippen LogP contribution in [-0.4, -0.2) is 28.7 Å². The van der Waals surface area contributed by atoms with Gasteiger partial charge in [0.25, 0.3) is 5.91 Å². The first-order valence-electron chi connectivity index (χ1n) is 7.88. The summed E-state index contributed by atoms with van der Waals surface area (Å²) in [5.41, 5.74) is 8.00. The highest BCUT2D eigenvalue weighted by molar-refractivity contribution is 6.40.